The number of likely N-dealkylation sites (N-methyl/N-ethyl adjacent to an activating group) is 1. The van der Waals surface area contributed by atoms with Crippen molar-refractivity contribution in [1.29, 1.82) is 0 Å². The summed E-state index contributed by atoms with van der Waals surface area (Å²) in [7, 11) is -8.90. The first-order valence-electron chi connectivity index (χ1n) is 9.30. The molecule has 1 heterocycles. The second-order valence-corrected chi connectivity index (χ2v) is 10.4. The Morgan fingerprint density at radius 3 is 1.52 bits per heavy atom. The topological polar surface area (TPSA) is 112 Å². The highest BCUT2D eigenvalue weighted by atomic mass is 32.2. The molecule has 0 aliphatic carbocycles. The number of hydrogen-bond donors (Lipinski definition) is 2. The number of nitrogens with zero attached hydrogens (tertiary/aromatic N) is 1. The molecule has 0 bridgehead atoms. The number of benzene rings is 2. The van der Waals surface area contributed by atoms with E-state index in [1.54, 1.807) is 24.3 Å². The van der Waals surface area contributed by atoms with Crippen LogP contribution < -0.4 is 0 Å². The lowest BCUT2D eigenvalue weighted by Crippen LogP contribution is -2.20. The summed E-state index contributed by atoms with van der Waals surface area (Å²) in [6.45, 7) is 7.34. The lowest BCUT2D eigenvalue weighted by atomic mass is 9.83. The third-order valence-electron chi connectivity index (χ3n) is 5.53. The molecule has 29 heavy (non-hydrogen) atoms. The summed E-state index contributed by atoms with van der Waals surface area (Å²) in [5.74, 6) is -0.733. The molecule has 2 aromatic carbocycles. The van der Waals surface area contributed by atoms with Crippen LogP contribution in [0.2, 0.25) is 0 Å². The fraction of sp³-hybridized carbons (Fsp3) is 0.400. The van der Waals surface area contributed by atoms with E-state index in [0.29, 0.717) is 30.8 Å². The molecule has 1 aliphatic rings. The Morgan fingerprint density at radius 1 is 0.828 bits per heavy atom. The van der Waals surface area contributed by atoms with E-state index in [4.69, 9.17) is 0 Å². The van der Waals surface area contributed by atoms with E-state index >= 15 is 0 Å². The molecule has 9 heteroatoms. The molecule has 0 unspecified atom stereocenters. The molecule has 2 aromatic rings. The van der Waals surface area contributed by atoms with Gasteiger partial charge in [-0.25, -0.2) is 0 Å². The number of likely N-dealkylation sites (tertiary alicyclic amines) is 1. The van der Waals surface area contributed by atoms with Crippen LogP contribution in [-0.4, -0.2) is 50.5 Å². The molecular weight excluding hydrogens is 414 g/mol. The number of rotatable bonds is 5. The summed E-state index contributed by atoms with van der Waals surface area (Å²) in [5, 5.41) is 0. The Kier molecular flexibility index (Phi) is 5.90. The number of aryl methyl sites for hydroxylation is 2. The smallest absolute Gasteiger partial charge is 0.294 e. The molecule has 2 N–H and O–H groups in total. The van der Waals surface area contributed by atoms with Gasteiger partial charge in [-0.05, 0) is 43.7 Å². The van der Waals surface area contributed by atoms with Crippen LogP contribution in [0.15, 0.2) is 46.2 Å². The van der Waals surface area contributed by atoms with Gasteiger partial charge >= 0.3 is 0 Å². The predicted molar refractivity (Wildman–Crippen MR) is 110 cm³/mol. The van der Waals surface area contributed by atoms with Crippen LogP contribution in [0.5, 0.6) is 0 Å². The molecule has 0 amide bonds. The molecule has 0 spiro atoms. The second-order valence-electron chi connectivity index (χ2n) is 7.60. The molecule has 3 rings (SSSR count). The largest absolute Gasteiger partial charge is 0.302 e. The van der Waals surface area contributed by atoms with Crippen LogP contribution in [-0.2, 0) is 20.2 Å². The maximum absolute atomic E-state index is 12.0. The van der Waals surface area contributed by atoms with Crippen molar-refractivity contribution >= 4 is 20.2 Å². The van der Waals surface area contributed by atoms with Gasteiger partial charge in [0.1, 0.15) is 0 Å². The monoisotopic (exact) mass is 439 g/mol. The fourth-order valence-corrected chi connectivity index (χ4v) is 5.66. The van der Waals surface area contributed by atoms with E-state index in [0.717, 1.165) is 11.1 Å². The Morgan fingerprint density at radius 2 is 1.21 bits per heavy atom. The third kappa shape index (κ3) is 4.54. The van der Waals surface area contributed by atoms with Gasteiger partial charge < -0.3 is 4.90 Å². The van der Waals surface area contributed by atoms with E-state index in [1.165, 1.54) is 12.1 Å². The Balaban J connectivity index is 2.24. The van der Waals surface area contributed by atoms with Crippen LogP contribution in [0, 0.1) is 13.8 Å². The normalized spacial score (nSPS) is 20.9. The van der Waals surface area contributed by atoms with E-state index in [-0.39, 0.29) is 21.6 Å². The summed E-state index contributed by atoms with van der Waals surface area (Å²) >= 11 is 0. The molecular formula is C20H25NO6S2. The first-order valence-corrected chi connectivity index (χ1v) is 12.2. The molecule has 0 aromatic heterocycles. The van der Waals surface area contributed by atoms with E-state index < -0.39 is 20.2 Å². The van der Waals surface area contributed by atoms with Gasteiger partial charge in [0.2, 0.25) is 0 Å². The summed E-state index contributed by atoms with van der Waals surface area (Å²) in [5.41, 5.74) is 2.58. The zero-order valence-electron chi connectivity index (χ0n) is 16.5. The number of hydrogen-bond acceptors (Lipinski definition) is 5. The molecule has 1 fully saturated rings. The molecule has 0 saturated carbocycles. The van der Waals surface area contributed by atoms with E-state index in [2.05, 4.69) is 4.90 Å². The van der Waals surface area contributed by atoms with Gasteiger partial charge in [0.15, 0.2) is 0 Å². The first-order chi connectivity index (χ1) is 13.4. The maximum atomic E-state index is 12.0. The predicted octanol–water partition coefficient (Wildman–Crippen LogP) is 3.00. The van der Waals surface area contributed by atoms with Crippen molar-refractivity contribution < 1.29 is 25.9 Å². The Bertz CT molecular complexity index is 1050. The van der Waals surface area contributed by atoms with E-state index in [1.807, 2.05) is 20.8 Å². The van der Waals surface area contributed by atoms with Crippen molar-refractivity contribution in [3.05, 3.63) is 58.7 Å². The maximum Gasteiger partial charge on any atom is 0.294 e. The lowest BCUT2D eigenvalue weighted by molar-refractivity contribution is 0.350. The second kappa shape index (κ2) is 7.81. The standard InChI is InChI=1S/C20H25NO6S2/c1-4-21-11-17(15-9-13(2)5-7-19(15)28(22,23)24)18(12-21)16-10-14(3)6-8-20(16)29(25,26)27/h5-10,17-18H,4,11-12H2,1-3H3,(H,22,23,24)(H,25,26,27)/t17-,18+. The minimum Gasteiger partial charge on any atom is -0.302 e. The summed E-state index contributed by atoms with van der Waals surface area (Å²) in [6.07, 6.45) is 0. The van der Waals surface area contributed by atoms with Crippen LogP contribution in [0.25, 0.3) is 0 Å². The highest BCUT2D eigenvalue weighted by Crippen LogP contribution is 2.44. The quantitative estimate of drug-likeness (QED) is 0.689. The van der Waals surface area contributed by atoms with Crippen molar-refractivity contribution in [3.8, 4) is 0 Å². The first kappa shape index (κ1) is 21.9. The zero-order valence-corrected chi connectivity index (χ0v) is 18.2. The van der Waals surface area contributed by atoms with Crippen LogP contribution >= 0.6 is 0 Å². The molecule has 1 saturated heterocycles. The summed E-state index contributed by atoms with van der Waals surface area (Å²) < 4.78 is 67.5. The highest BCUT2D eigenvalue weighted by Gasteiger charge is 2.39. The van der Waals surface area contributed by atoms with Gasteiger partial charge in [-0.15, -0.1) is 0 Å². The van der Waals surface area contributed by atoms with Crippen LogP contribution in [0.4, 0.5) is 0 Å². The Labute approximate surface area is 171 Å². The van der Waals surface area contributed by atoms with Gasteiger partial charge in [0.05, 0.1) is 9.79 Å². The summed E-state index contributed by atoms with van der Waals surface area (Å²) in [4.78, 5) is 1.76. The van der Waals surface area contributed by atoms with Gasteiger partial charge in [0, 0.05) is 24.9 Å². The van der Waals surface area contributed by atoms with E-state index in [9.17, 15) is 25.9 Å². The van der Waals surface area contributed by atoms with Crippen molar-refractivity contribution in [2.45, 2.75) is 42.4 Å². The SMILES string of the molecule is CCN1C[C@H](c2cc(C)ccc2S(=O)(=O)O)[C@H](c2cc(C)ccc2S(=O)(=O)O)C1. The minimum atomic E-state index is -4.45. The van der Waals surface area contributed by atoms with Crippen molar-refractivity contribution in [3.63, 3.8) is 0 Å². The van der Waals surface area contributed by atoms with Crippen molar-refractivity contribution in [2.24, 2.45) is 0 Å². The third-order valence-corrected chi connectivity index (χ3v) is 7.38. The van der Waals surface area contributed by atoms with Gasteiger partial charge in [0.25, 0.3) is 20.2 Å². The van der Waals surface area contributed by atoms with Crippen LogP contribution in [0.1, 0.15) is 41.0 Å². The zero-order chi connectivity index (χ0) is 21.6. The van der Waals surface area contributed by atoms with Gasteiger partial charge in [-0.3, -0.25) is 9.11 Å². The lowest BCUT2D eigenvalue weighted by Gasteiger charge is -2.23. The highest BCUT2D eigenvalue weighted by molar-refractivity contribution is 7.86. The Hall–Kier alpha value is -1.78. The molecule has 158 valence electrons. The fourth-order valence-electron chi connectivity index (χ4n) is 4.16. The molecule has 1 aliphatic heterocycles. The summed E-state index contributed by atoms with van der Waals surface area (Å²) in [6, 6.07) is 9.44. The molecule has 2 atom stereocenters. The van der Waals surface area contributed by atoms with Crippen LogP contribution in [0.3, 0.4) is 0 Å². The van der Waals surface area contributed by atoms with Crippen molar-refractivity contribution in [1.82, 2.24) is 4.90 Å². The average Bonchev–Trinajstić information content (AvgIpc) is 3.03. The molecule has 7 nitrogen and oxygen atoms in total. The minimum absolute atomic E-state index is 0.169. The van der Waals surface area contributed by atoms with Gasteiger partial charge in [-0.1, -0.05) is 42.3 Å². The van der Waals surface area contributed by atoms with Crippen molar-refractivity contribution in [2.75, 3.05) is 19.6 Å². The molecule has 0 radical (unpaired) electrons. The van der Waals surface area contributed by atoms with Gasteiger partial charge in [-0.2, -0.15) is 16.8 Å². The average molecular weight is 440 g/mol.